The summed E-state index contributed by atoms with van der Waals surface area (Å²) in [5, 5.41) is 24.6. The first-order valence-corrected chi connectivity index (χ1v) is 10.1. The monoisotopic (exact) mass is 483 g/mol. The van der Waals surface area contributed by atoms with Crippen LogP contribution >= 0.6 is 27.5 Å². The number of ether oxygens (including phenoxy) is 1. The second kappa shape index (κ2) is 8.26. The van der Waals surface area contributed by atoms with E-state index in [2.05, 4.69) is 21.2 Å². The van der Waals surface area contributed by atoms with Crippen LogP contribution in [0.25, 0.3) is 10.8 Å². The van der Waals surface area contributed by atoms with Crippen molar-refractivity contribution in [2.24, 2.45) is 0 Å². The third kappa shape index (κ3) is 3.92. The van der Waals surface area contributed by atoms with E-state index in [1.165, 1.54) is 24.3 Å². The number of hydrogen-bond acceptors (Lipinski definition) is 4. The molecule has 0 heterocycles. The number of anilines is 1. The number of amides is 1. The van der Waals surface area contributed by atoms with Gasteiger partial charge < -0.3 is 20.3 Å². The number of carbonyl (C=O) groups excluding carboxylic acids is 1. The lowest BCUT2D eigenvalue weighted by molar-refractivity contribution is 0.102. The molecule has 0 unspecified atom stereocenters. The van der Waals surface area contributed by atoms with E-state index in [0.29, 0.717) is 17.2 Å². The first kappa shape index (κ1) is 20.1. The SMILES string of the molecule is O=C(Nc1ccc(Oc2ccc3ccccc3c2Br)c(Cl)c1)c1c(O)cccc1O. The Labute approximate surface area is 185 Å². The molecule has 30 heavy (non-hydrogen) atoms. The maximum Gasteiger partial charge on any atom is 0.263 e. The number of fused-ring (bicyclic) bond motifs is 1. The molecule has 4 aromatic rings. The van der Waals surface area contributed by atoms with E-state index in [-0.39, 0.29) is 22.1 Å². The van der Waals surface area contributed by atoms with Crippen LogP contribution in [-0.2, 0) is 0 Å². The number of halogens is 2. The van der Waals surface area contributed by atoms with Crippen LogP contribution in [0.5, 0.6) is 23.0 Å². The summed E-state index contributed by atoms with van der Waals surface area (Å²) in [5.74, 6) is -0.283. The Morgan fingerprint density at radius 1 is 0.900 bits per heavy atom. The van der Waals surface area contributed by atoms with E-state index in [1.807, 2.05) is 36.4 Å². The highest BCUT2D eigenvalue weighted by molar-refractivity contribution is 9.10. The molecule has 4 rings (SSSR count). The number of rotatable bonds is 4. The van der Waals surface area contributed by atoms with Crippen molar-refractivity contribution in [2.75, 3.05) is 5.32 Å². The van der Waals surface area contributed by atoms with Gasteiger partial charge in [-0.05, 0) is 63.1 Å². The van der Waals surface area contributed by atoms with Gasteiger partial charge in [0.1, 0.15) is 28.6 Å². The summed E-state index contributed by atoms with van der Waals surface area (Å²) in [7, 11) is 0. The van der Waals surface area contributed by atoms with Crippen LogP contribution in [0.1, 0.15) is 10.4 Å². The van der Waals surface area contributed by atoms with E-state index in [9.17, 15) is 15.0 Å². The lowest BCUT2D eigenvalue weighted by Gasteiger charge is -2.13. The van der Waals surface area contributed by atoms with E-state index in [4.69, 9.17) is 16.3 Å². The number of phenolic OH excluding ortho intramolecular Hbond substituents is 2. The minimum absolute atomic E-state index is 0.214. The van der Waals surface area contributed by atoms with Gasteiger partial charge in [0.05, 0.1) is 9.50 Å². The topological polar surface area (TPSA) is 78.8 Å². The standard InChI is InChI=1S/C23H15BrClNO4/c24-22-15-5-2-1-4-13(15)8-10-20(22)30-19-11-9-14(12-16(19)25)26-23(29)21-17(27)6-3-7-18(21)28/h1-12,27-28H,(H,26,29). The molecule has 0 fully saturated rings. The van der Waals surface area contributed by atoms with Gasteiger partial charge in [0.25, 0.3) is 5.91 Å². The van der Waals surface area contributed by atoms with E-state index in [0.717, 1.165) is 15.2 Å². The summed E-state index contributed by atoms with van der Waals surface area (Å²) in [6.45, 7) is 0. The molecule has 0 bridgehead atoms. The third-order valence-electron chi connectivity index (χ3n) is 4.49. The molecule has 150 valence electrons. The third-order valence-corrected chi connectivity index (χ3v) is 5.60. The van der Waals surface area contributed by atoms with Crippen molar-refractivity contribution >= 4 is 49.9 Å². The molecular weight excluding hydrogens is 470 g/mol. The summed E-state index contributed by atoms with van der Waals surface area (Å²) in [4.78, 5) is 12.4. The molecule has 0 radical (unpaired) electrons. The Balaban J connectivity index is 1.57. The molecule has 0 aliphatic rings. The largest absolute Gasteiger partial charge is 0.507 e. The molecule has 0 aliphatic heterocycles. The Morgan fingerprint density at radius 2 is 1.60 bits per heavy atom. The molecule has 5 nitrogen and oxygen atoms in total. The molecule has 0 saturated heterocycles. The summed E-state index contributed by atoms with van der Waals surface area (Å²) < 4.78 is 6.77. The molecule has 4 aromatic carbocycles. The predicted molar refractivity (Wildman–Crippen MR) is 121 cm³/mol. The Morgan fingerprint density at radius 3 is 2.33 bits per heavy atom. The van der Waals surface area contributed by atoms with Crippen LogP contribution in [0.15, 0.2) is 77.3 Å². The van der Waals surface area contributed by atoms with Crippen molar-refractivity contribution in [3.63, 3.8) is 0 Å². The average Bonchev–Trinajstić information content (AvgIpc) is 2.72. The lowest BCUT2D eigenvalue weighted by Crippen LogP contribution is -2.12. The van der Waals surface area contributed by atoms with Crippen molar-refractivity contribution in [2.45, 2.75) is 0 Å². The molecule has 0 saturated carbocycles. The van der Waals surface area contributed by atoms with Gasteiger partial charge in [-0.1, -0.05) is 48.0 Å². The second-order valence-corrected chi connectivity index (χ2v) is 7.67. The summed E-state index contributed by atoms with van der Waals surface area (Å²) in [6.07, 6.45) is 0. The number of aromatic hydroxyl groups is 2. The summed E-state index contributed by atoms with van der Waals surface area (Å²) in [6, 6.07) is 20.6. The minimum atomic E-state index is -0.660. The molecule has 1 amide bonds. The van der Waals surface area contributed by atoms with Gasteiger partial charge in [-0.3, -0.25) is 4.79 Å². The number of carbonyl (C=O) groups is 1. The maximum absolute atomic E-state index is 12.4. The molecular formula is C23H15BrClNO4. The highest BCUT2D eigenvalue weighted by Gasteiger charge is 2.17. The molecule has 3 N–H and O–H groups in total. The van der Waals surface area contributed by atoms with Gasteiger partial charge in [0, 0.05) is 5.69 Å². The van der Waals surface area contributed by atoms with Crippen LogP contribution in [-0.4, -0.2) is 16.1 Å². The first-order valence-electron chi connectivity index (χ1n) is 8.91. The van der Waals surface area contributed by atoms with Crippen LogP contribution in [0.2, 0.25) is 5.02 Å². The van der Waals surface area contributed by atoms with Gasteiger partial charge >= 0.3 is 0 Å². The lowest BCUT2D eigenvalue weighted by atomic mass is 10.1. The Hall–Kier alpha value is -3.22. The molecule has 0 aromatic heterocycles. The van der Waals surface area contributed by atoms with Gasteiger partial charge in [0.2, 0.25) is 0 Å². The van der Waals surface area contributed by atoms with Crippen LogP contribution in [0.3, 0.4) is 0 Å². The Kier molecular flexibility index (Phi) is 5.53. The highest BCUT2D eigenvalue weighted by atomic mass is 79.9. The molecule has 0 aliphatic carbocycles. The van der Waals surface area contributed by atoms with Crippen molar-refractivity contribution in [1.29, 1.82) is 0 Å². The fraction of sp³-hybridized carbons (Fsp3) is 0. The van der Waals surface area contributed by atoms with E-state index in [1.54, 1.807) is 12.1 Å². The fourth-order valence-electron chi connectivity index (χ4n) is 3.03. The summed E-state index contributed by atoms with van der Waals surface area (Å²) in [5.41, 5.74) is 0.173. The number of phenols is 2. The fourth-order valence-corrected chi connectivity index (χ4v) is 3.82. The normalized spacial score (nSPS) is 10.7. The number of hydrogen-bond donors (Lipinski definition) is 3. The van der Waals surface area contributed by atoms with Gasteiger partial charge in [-0.15, -0.1) is 0 Å². The van der Waals surface area contributed by atoms with Crippen molar-refractivity contribution in [1.82, 2.24) is 0 Å². The quantitative estimate of drug-likeness (QED) is 0.301. The average molecular weight is 485 g/mol. The highest BCUT2D eigenvalue weighted by Crippen LogP contribution is 2.38. The zero-order valence-corrected chi connectivity index (χ0v) is 17.7. The molecule has 0 spiro atoms. The van der Waals surface area contributed by atoms with Gasteiger partial charge in [-0.25, -0.2) is 0 Å². The zero-order valence-electron chi connectivity index (χ0n) is 15.4. The second-order valence-electron chi connectivity index (χ2n) is 6.47. The number of benzene rings is 4. The summed E-state index contributed by atoms with van der Waals surface area (Å²) >= 11 is 9.93. The predicted octanol–water partition coefficient (Wildman–Crippen LogP) is 6.71. The van der Waals surface area contributed by atoms with E-state index >= 15 is 0 Å². The van der Waals surface area contributed by atoms with Crippen LogP contribution < -0.4 is 10.1 Å². The van der Waals surface area contributed by atoms with Crippen molar-refractivity contribution in [3.05, 3.63) is 87.9 Å². The Bertz CT molecular complexity index is 1260. The van der Waals surface area contributed by atoms with Gasteiger partial charge in [0.15, 0.2) is 0 Å². The first-order chi connectivity index (χ1) is 14.4. The molecule has 0 atom stereocenters. The number of nitrogens with one attached hydrogen (secondary N) is 1. The van der Waals surface area contributed by atoms with Crippen molar-refractivity contribution < 1.29 is 19.7 Å². The van der Waals surface area contributed by atoms with Crippen molar-refractivity contribution in [3.8, 4) is 23.0 Å². The molecule has 7 heteroatoms. The minimum Gasteiger partial charge on any atom is -0.507 e. The maximum atomic E-state index is 12.4. The van der Waals surface area contributed by atoms with Gasteiger partial charge in [-0.2, -0.15) is 0 Å². The van der Waals surface area contributed by atoms with E-state index < -0.39 is 5.91 Å². The van der Waals surface area contributed by atoms with Crippen LogP contribution in [0.4, 0.5) is 5.69 Å². The smallest absolute Gasteiger partial charge is 0.263 e. The zero-order chi connectivity index (χ0) is 21.3. The van der Waals surface area contributed by atoms with Crippen LogP contribution in [0, 0.1) is 0 Å².